The minimum Gasteiger partial charge on any atom is -0.493 e. The summed E-state index contributed by atoms with van der Waals surface area (Å²) in [7, 11) is -1.35. The third kappa shape index (κ3) is 5.01. The molecular formula is C18H19Cl2NO6S. The fourth-order valence-corrected chi connectivity index (χ4v) is 4.35. The van der Waals surface area contributed by atoms with Gasteiger partial charge in [-0.3, -0.25) is 9.10 Å². The van der Waals surface area contributed by atoms with Crippen LogP contribution in [-0.4, -0.2) is 41.8 Å². The number of halogens is 2. The lowest BCUT2D eigenvalue weighted by molar-refractivity contribution is -0.141. The van der Waals surface area contributed by atoms with Crippen LogP contribution in [0.1, 0.15) is 6.92 Å². The van der Waals surface area contributed by atoms with E-state index < -0.39 is 22.5 Å². The Hall–Kier alpha value is -2.16. The third-order valence-corrected chi connectivity index (χ3v) is 5.86. The number of ether oxygens (including phenoxy) is 3. The van der Waals surface area contributed by atoms with Crippen molar-refractivity contribution < 1.29 is 27.4 Å². The Balaban J connectivity index is 2.59. The number of methoxy groups -OCH3 is 2. The van der Waals surface area contributed by atoms with Gasteiger partial charge in [-0.05, 0) is 37.3 Å². The number of hydrogen-bond donors (Lipinski definition) is 0. The highest BCUT2D eigenvalue weighted by Crippen LogP contribution is 2.33. The summed E-state index contributed by atoms with van der Waals surface area (Å²) in [4.78, 5) is 12.0. The quantitative estimate of drug-likeness (QED) is 0.572. The van der Waals surface area contributed by atoms with E-state index in [9.17, 15) is 13.2 Å². The highest BCUT2D eigenvalue weighted by molar-refractivity contribution is 7.92. The van der Waals surface area contributed by atoms with Crippen LogP contribution in [0.3, 0.4) is 0 Å². The van der Waals surface area contributed by atoms with Gasteiger partial charge < -0.3 is 14.2 Å². The molecule has 0 saturated heterocycles. The number of rotatable bonds is 8. The maximum Gasteiger partial charge on any atom is 0.326 e. The summed E-state index contributed by atoms with van der Waals surface area (Å²) >= 11 is 12.0. The van der Waals surface area contributed by atoms with Crippen LogP contribution in [0, 0.1) is 0 Å². The van der Waals surface area contributed by atoms with Crippen molar-refractivity contribution in [1.29, 1.82) is 0 Å². The van der Waals surface area contributed by atoms with Gasteiger partial charge in [-0.2, -0.15) is 0 Å². The average Bonchev–Trinajstić information content (AvgIpc) is 2.64. The van der Waals surface area contributed by atoms with E-state index in [2.05, 4.69) is 0 Å². The fraction of sp³-hybridized carbons (Fsp3) is 0.278. The van der Waals surface area contributed by atoms with Crippen LogP contribution < -0.4 is 13.8 Å². The maximum absolute atomic E-state index is 13.3. The van der Waals surface area contributed by atoms with Gasteiger partial charge in [0.05, 0.1) is 31.4 Å². The monoisotopic (exact) mass is 447 g/mol. The van der Waals surface area contributed by atoms with Crippen molar-refractivity contribution >= 4 is 44.9 Å². The molecule has 7 nitrogen and oxygen atoms in total. The lowest BCUT2D eigenvalue weighted by Crippen LogP contribution is -2.36. The summed E-state index contributed by atoms with van der Waals surface area (Å²) in [6, 6.07) is 8.35. The molecule has 28 heavy (non-hydrogen) atoms. The first kappa shape index (κ1) is 22.1. The van der Waals surface area contributed by atoms with E-state index in [0.717, 1.165) is 4.31 Å². The summed E-state index contributed by atoms with van der Waals surface area (Å²) in [6.07, 6.45) is 0. The van der Waals surface area contributed by atoms with E-state index >= 15 is 0 Å². The zero-order valence-electron chi connectivity index (χ0n) is 15.4. The average molecular weight is 448 g/mol. The van der Waals surface area contributed by atoms with Crippen LogP contribution >= 0.6 is 23.2 Å². The number of nitrogens with zero attached hydrogens (tertiary/aromatic N) is 1. The van der Waals surface area contributed by atoms with Gasteiger partial charge in [-0.15, -0.1) is 0 Å². The van der Waals surface area contributed by atoms with Gasteiger partial charge >= 0.3 is 5.97 Å². The van der Waals surface area contributed by atoms with E-state index in [-0.39, 0.29) is 33.0 Å². The van der Waals surface area contributed by atoms with Crippen molar-refractivity contribution in [3.05, 3.63) is 46.4 Å². The molecule has 0 aromatic heterocycles. The number of esters is 1. The van der Waals surface area contributed by atoms with E-state index in [1.54, 1.807) is 6.92 Å². The molecule has 0 aliphatic heterocycles. The fourth-order valence-electron chi connectivity index (χ4n) is 2.43. The topological polar surface area (TPSA) is 82.1 Å². The lowest BCUT2D eigenvalue weighted by atomic mass is 10.3. The predicted octanol–water partition coefficient (Wildman–Crippen LogP) is 3.77. The molecule has 0 unspecified atom stereocenters. The minimum absolute atomic E-state index is 0.106. The number of hydrogen-bond acceptors (Lipinski definition) is 6. The van der Waals surface area contributed by atoms with Crippen LogP contribution in [0.2, 0.25) is 10.0 Å². The molecule has 0 N–H and O–H groups in total. The molecule has 0 amide bonds. The number of sulfonamides is 1. The highest BCUT2D eigenvalue weighted by atomic mass is 35.5. The standard InChI is InChI=1S/C18H19Cl2NO6S/c1-4-27-18(22)11-21(14-8-12(19)7-13(20)9-14)28(23,24)15-5-6-16(25-2)17(10-15)26-3/h5-10H,4,11H2,1-3H3. The Kier molecular flexibility index (Phi) is 7.40. The minimum atomic E-state index is -4.18. The van der Waals surface area contributed by atoms with Crippen molar-refractivity contribution in [2.24, 2.45) is 0 Å². The molecule has 0 heterocycles. The van der Waals surface area contributed by atoms with Gasteiger partial charge in [0.15, 0.2) is 11.5 Å². The Morgan fingerprint density at radius 2 is 1.61 bits per heavy atom. The summed E-state index contributed by atoms with van der Waals surface area (Å²) in [5, 5.41) is 0.442. The Morgan fingerprint density at radius 1 is 1.00 bits per heavy atom. The van der Waals surface area contributed by atoms with E-state index in [4.69, 9.17) is 37.4 Å². The zero-order valence-corrected chi connectivity index (χ0v) is 17.8. The first-order chi connectivity index (χ1) is 13.2. The highest BCUT2D eigenvalue weighted by Gasteiger charge is 2.29. The lowest BCUT2D eigenvalue weighted by Gasteiger charge is -2.24. The summed E-state index contributed by atoms with van der Waals surface area (Å²) in [5.74, 6) is -0.129. The first-order valence-electron chi connectivity index (χ1n) is 8.09. The molecule has 0 bridgehead atoms. The number of carbonyl (C=O) groups excluding carboxylic acids is 1. The molecular weight excluding hydrogens is 429 g/mol. The van der Waals surface area contributed by atoms with Gasteiger partial charge in [0.1, 0.15) is 6.54 Å². The normalized spacial score (nSPS) is 11.0. The molecule has 2 rings (SSSR count). The van der Waals surface area contributed by atoms with Crippen LogP contribution in [0.5, 0.6) is 11.5 Å². The van der Waals surface area contributed by atoms with Crippen molar-refractivity contribution in [3.8, 4) is 11.5 Å². The van der Waals surface area contributed by atoms with Crippen molar-refractivity contribution in [3.63, 3.8) is 0 Å². The Labute approximate surface area is 173 Å². The predicted molar refractivity (Wildman–Crippen MR) is 107 cm³/mol. The smallest absolute Gasteiger partial charge is 0.326 e. The molecule has 0 saturated carbocycles. The van der Waals surface area contributed by atoms with Crippen molar-refractivity contribution in [1.82, 2.24) is 0 Å². The Morgan fingerprint density at radius 3 is 2.14 bits per heavy atom. The zero-order chi connectivity index (χ0) is 20.9. The summed E-state index contributed by atoms with van der Waals surface area (Å²) in [6.45, 7) is 1.18. The van der Waals surface area contributed by atoms with Crippen LogP contribution in [0.15, 0.2) is 41.3 Å². The summed E-state index contributed by atoms with van der Waals surface area (Å²) in [5.41, 5.74) is 0.125. The second-order valence-electron chi connectivity index (χ2n) is 5.46. The van der Waals surface area contributed by atoms with Gasteiger partial charge in [0.2, 0.25) is 0 Å². The molecule has 0 atom stereocenters. The van der Waals surface area contributed by atoms with Crippen LogP contribution in [0.4, 0.5) is 5.69 Å². The molecule has 2 aromatic carbocycles. The SMILES string of the molecule is CCOC(=O)CN(c1cc(Cl)cc(Cl)c1)S(=O)(=O)c1ccc(OC)c(OC)c1. The second-order valence-corrected chi connectivity index (χ2v) is 8.20. The summed E-state index contributed by atoms with van der Waals surface area (Å²) < 4.78 is 42.7. The van der Waals surface area contributed by atoms with E-state index in [1.807, 2.05) is 0 Å². The van der Waals surface area contributed by atoms with Crippen LogP contribution in [0.25, 0.3) is 0 Å². The Bertz CT molecular complexity index is 944. The molecule has 0 aliphatic rings. The molecule has 0 spiro atoms. The van der Waals surface area contributed by atoms with Crippen molar-refractivity contribution in [2.75, 3.05) is 31.7 Å². The first-order valence-corrected chi connectivity index (χ1v) is 10.3. The maximum atomic E-state index is 13.3. The number of carbonyl (C=O) groups is 1. The van der Waals surface area contributed by atoms with E-state index in [0.29, 0.717) is 5.75 Å². The van der Waals surface area contributed by atoms with Gasteiger partial charge in [0.25, 0.3) is 10.0 Å². The second kappa shape index (κ2) is 9.36. The van der Waals surface area contributed by atoms with Crippen LogP contribution in [-0.2, 0) is 19.6 Å². The molecule has 0 fully saturated rings. The van der Waals surface area contributed by atoms with Crippen molar-refractivity contribution in [2.45, 2.75) is 11.8 Å². The molecule has 0 aliphatic carbocycles. The largest absolute Gasteiger partial charge is 0.493 e. The third-order valence-electron chi connectivity index (χ3n) is 3.66. The van der Waals surface area contributed by atoms with Gasteiger partial charge in [-0.25, -0.2) is 8.42 Å². The number of anilines is 1. The number of benzene rings is 2. The molecule has 10 heteroatoms. The van der Waals surface area contributed by atoms with E-state index in [1.165, 1.54) is 50.6 Å². The van der Waals surface area contributed by atoms with Gasteiger partial charge in [0, 0.05) is 16.1 Å². The van der Waals surface area contributed by atoms with Gasteiger partial charge in [-0.1, -0.05) is 23.2 Å². The molecule has 0 radical (unpaired) electrons. The molecule has 2 aromatic rings. The molecule has 152 valence electrons.